The van der Waals surface area contributed by atoms with E-state index in [-0.39, 0.29) is 23.5 Å². The van der Waals surface area contributed by atoms with Crippen molar-refractivity contribution < 1.29 is 19.7 Å². The molecule has 1 aromatic rings. The molecule has 1 amide bonds. The van der Waals surface area contributed by atoms with Gasteiger partial charge in [-0.15, -0.1) is 0 Å². The summed E-state index contributed by atoms with van der Waals surface area (Å²) in [5.74, 6) is -0.396. The second-order valence-electron chi connectivity index (χ2n) is 4.86. The van der Waals surface area contributed by atoms with Crippen molar-refractivity contribution in [1.82, 2.24) is 5.32 Å². The minimum absolute atomic E-state index is 0.195. The minimum atomic E-state index is -0.517. The molecule has 0 radical (unpaired) electrons. The van der Waals surface area contributed by atoms with Crippen LogP contribution in [0.25, 0.3) is 0 Å². The van der Waals surface area contributed by atoms with Gasteiger partial charge < -0.3 is 20.3 Å². The highest BCUT2D eigenvalue weighted by atomic mass is 16.6. The molecule has 1 aliphatic rings. The van der Waals surface area contributed by atoms with Crippen LogP contribution in [0, 0.1) is 5.41 Å². The van der Waals surface area contributed by atoms with E-state index in [0.29, 0.717) is 5.56 Å². The summed E-state index contributed by atoms with van der Waals surface area (Å²) in [6.45, 7) is 4.10. The van der Waals surface area contributed by atoms with Gasteiger partial charge >= 0.3 is 6.09 Å². The average molecular weight is 237 g/mol. The van der Waals surface area contributed by atoms with Gasteiger partial charge in [-0.25, -0.2) is 4.79 Å². The highest BCUT2D eigenvalue weighted by Gasteiger charge is 2.39. The zero-order valence-electron chi connectivity index (χ0n) is 9.73. The van der Waals surface area contributed by atoms with E-state index >= 15 is 0 Å². The summed E-state index contributed by atoms with van der Waals surface area (Å²) in [5, 5.41) is 22.0. The smallest absolute Gasteiger partial charge is 0.407 e. The Morgan fingerprint density at radius 1 is 1.41 bits per heavy atom. The van der Waals surface area contributed by atoms with Crippen molar-refractivity contribution in [2.45, 2.75) is 19.9 Å². The number of cyclic esters (lactones) is 1. The normalized spacial score (nSPS) is 22.7. The Balaban J connectivity index is 2.43. The van der Waals surface area contributed by atoms with Crippen LogP contribution in [0.2, 0.25) is 0 Å². The van der Waals surface area contributed by atoms with Crippen LogP contribution in [0.15, 0.2) is 18.2 Å². The molecule has 5 heteroatoms. The third-order valence-electron chi connectivity index (χ3n) is 2.98. The first-order chi connectivity index (χ1) is 7.92. The van der Waals surface area contributed by atoms with Gasteiger partial charge in [0.05, 0.1) is 6.04 Å². The van der Waals surface area contributed by atoms with Crippen LogP contribution in [0.1, 0.15) is 25.5 Å². The predicted octanol–water partition coefficient (Wildman–Crippen LogP) is 1.90. The van der Waals surface area contributed by atoms with E-state index in [4.69, 9.17) is 4.74 Å². The number of para-hydroxylation sites is 1. The average Bonchev–Trinajstić information content (AvgIpc) is 2.26. The standard InChI is InChI=1S/C12H15NO4/c1-12(2)6-17-11(16)13-10(12)7-4-3-5-8(14)9(7)15/h3-5,10,14-15H,6H2,1-2H3,(H,13,16)/t10-/m1/s1. The van der Waals surface area contributed by atoms with Gasteiger partial charge in [0.1, 0.15) is 6.61 Å². The molecule has 0 spiro atoms. The van der Waals surface area contributed by atoms with Crippen molar-refractivity contribution in [3.05, 3.63) is 23.8 Å². The molecule has 0 aromatic heterocycles. The molecule has 1 saturated heterocycles. The van der Waals surface area contributed by atoms with Crippen molar-refractivity contribution >= 4 is 6.09 Å². The number of ether oxygens (including phenoxy) is 1. The minimum Gasteiger partial charge on any atom is -0.504 e. The third-order valence-corrected chi connectivity index (χ3v) is 2.98. The van der Waals surface area contributed by atoms with Crippen LogP contribution >= 0.6 is 0 Å². The summed E-state index contributed by atoms with van der Waals surface area (Å²) in [6, 6.07) is 4.30. The Kier molecular flexibility index (Phi) is 2.61. The van der Waals surface area contributed by atoms with Crippen molar-refractivity contribution in [2.24, 2.45) is 5.41 Å². The fourth-order valence-corrected chi connectivity index (χ4v) is 1.97. The van der Waals surface area contributed by atoms with E-state index in [9.17, 15) is 15.0 Å². The number of aromatic hydroxyl groups is 2. The summed E-state index contributed by atoms with van der Waals surface area (Å²) >= 11 is 0. The highest BCUT2D eigenvalue weighted by molar-refractivity contribution is 5.69. The second kappa shape index (κ2) is 3.84. The predicted molar refractivity (Wildman–Crippen MR) is 60.8 cm³/mol. The van der Waals surface area contributed by atoms with E-state index in [1.807, 2.05) is 13.8 Å². The van der Waals surface area contributed by atoms with Gasteiger partial charge in [-0.05, 0) is 6.07 Å². The van der Waals surface area contributed by atoms with Crippen LogP contribution in [0.4, 0.5) is 4.79 Å². The lowest BCUT2D eigenvalue weighted by atomic mass is 9.80. The Morgan fingerprint density at radius 3 is 2.82 bits per heavy atom. The maximum atomic E-state index is 11.3. The molecule has 92 valence electrons. The number of alkyl carbamates (subject to hydrolysis) is 1. The Bertz CT molecular complexity index is 456. The van der Waals surface area contributed by atoms with Gasteiger partial charge in [0.15, 0.2) is 11.5 Å². The summed E-state index contributed by atoms with van der Waals surface area (Å²) in [4.78, 5) is 11.3. The SMILES string of the molecule is CC1(C)COC(=O)N[C@@H]1c1cccc(O)c1O. The maximum Gasteiger partial charge on any atom is 0.407 e. The first-order valence-corrected chi connectivity index (χ1v) is 5.36. The molecule has 1 heterocycles. The van der Waals surface area contributed by atoms with Crippen molar-refractivity contribution in [3.63, 3.8) is 0 Å². The lowest BCUT2D eigenvalue weighted by Gasteiger charge is -2.38. The molecule has 2 rings (SSSR count). The Morgan fingerprint density at radius 2 is 2.12 bits per heavy atom. The number of phenols is 2. The fraction of sp³-hybridized carbons (Fsp3) is 0.417. The van der Waals surface area contributed by atoms with E-state index in [0.717, 1.165) is 0 Å². The van der Waals surface area contributed by atoms with Crippen LogP contribution in [0.5, 0.6) is 11.5 Å². The molecule has 1 atom stereocenters. The van der Waals surface area contributed by atoms with Crippen molar-refractivity contribution in [2.75, 3.05) is 6.61 Å². The number of amides is 1. The molecule has 0 aliphatic carbocycles. The summed E-state index contributed by atoms with van der Waals surface area (Å²) < 4.78 is 4.92. The van der Waals surface area contributed by atoms with Crippen molar-refractivity contribution in [1.29, 1.82) is 0 Å². The molecule has 3 N–H and O–H groups in total. The van der Waals surface area contributed by atoms with E-state index < -0.39 is 12.1 Å². The molecular formula is C12H15NO4. The molecule has 1 fully saturated rings. The number of carbonyl (C=O) groups excluding carboxylic acids is 1. The number of benzene rings is 1. The lowest BCUT2D eigenvalue weighted by Crippen LogP contribution is -2.46. The first-order valence-electron chi connectivity index (χ1n) is 5.36. The van der Waals surface area contributed by atoms with Gasteiger partial charge in [-0.2, -0.15) is 0 Å². The number of nitrogens with one attached hydrogen (secondary N) is 1. The topological polar surface area (TPSA) is 78.8 Å². The molecule has 17 heavy (non-hydrogen) atoms. The molecule has 0 bridgehead atoms. The number of hydrogen-bond acceptors (Lipinski definition) is 4. The van der Waals surface area contributed by atoms with Crippen LogP contribution in [-0.2, 0) is 4.74 Å². The van der Waals surface area contributed by atoms with E-state index in [1.54, 1.807) is 12.1 Å². The van der Waals surface area contributed by atoms with Crippen LogP contribution < -0.4 is 5.32 Å². The van der Waals surface area contributed by atoms with Gasteiger partial charge in [0, 0.05) is 11.0 Å². The van der Waals surface area contributed by atoms with E-state index in [2.05, 4.69) is 5.32 Å². The number of phenolic OH excluding ortho intramolecular Hbond substituents is 2. The quantitative estimate of drug-likeness (QED) is 0.652. The first kappa shape index (κ1) is 11.6. The zero-order chi connectivity index (χ0) is 12.6. The van der Waals surface area contributed by atoms with Gasteiger partial charge in [-0.1, -0.05) is 26.0 Å². The molecule has 1 aliphatic heterocycles. The van der Waals surface area contributed by atoms with Crippen molar-refractivity contribution in [3.8, 4) is 11.5 Å². The highest BCUT2D eigenvalue weighted by Crippen LogP contribution is 2.42. The molecule has 5 nitrogen and oxygen atoms in total. The third kappa shape index (κ3) is 2.00. The Labute approximate surface area is 99.0 Å². The maximum absolute atomic E-state index is 11.3. The summed E-state index contributed by atoms with van der Waals surface area (Å²) in [5.41, 5.74) is 0.130. The number of hydrogen-bond donors (Lipinski definition) is 3. The zero-order valence-corrected chi connectivity index (χ0v) is 9.73. The second-order valence-corrected chi connectivity index (χ2v) is 4.86. The largest absolute Gasteiger partial charge is 0.504 e. The van der Waals surface area contributed by atoms with Crippen LogP contribution in [-0.4, -0.2) is 22.9 Å². The molecule has 0 unspecified atom stereocenters. The molecule has 0 saturated carbocycles. The monoisotopic (exact) mass is 237 g/mol. The molecular weight excluding hydrogens is 222 g/mol. The number of rotatable bonds is 1. The lowest BCUT2D eigenvalue weighted by molar-refractivity contribution is 0.0380. The summed E-state index contributed by atoms with van der Waals surface area (Å²) in [7, 11) is 0. The van der Waals surface area contributed by atoms with E-state index in [1.165, 1.54) is 6.07 Å². The summed E-state index contributed by atoms with van der Waals surface area (Å²) in [6.07, 6.45) is -0.517. The fourth-order valence-electron chi connectivity index (χ4n) is 1.97. The van der Waals surface area contributed by atoms with Gasteiger partial charge in [0.25, 0.3) is 0 Å². The van der Waals surface area contributed by atoms with Gasteiger partial charge in [0.2, 0.25) is 0 Å². The number of carbonyl (C=O) groups is 1. The Hall–Kier alpha value is -1.91. The van der Waals surface area contributed by atoms with Crippen LogP contribution in [0.3, 0.4) is 0 Å². The van der Waals surface area contributed by atoms with Gasteiger partial charge in [-0.3, -0.25) is 0 Å². The molecule has 1 aromatic carbocycles.